The van der Waals surface area contributed by atoms with Gasteiger partial charge in [0.15, 0.2) is 23.3 Å². The van der Waals surface area contributed by atoms with Gasteiger partial charge in [-0.3, -0.25) is 0 Å². The first-order chi connectivity index (χ1) is 14.3. The molecule has 2 aromatic rings. The molecule has 32 heavy (non-hydrogen) atoms. The Bertz CT molecular complexity index is 914. The molecule has 1 aliphatic carbocycles. The SMILES string of the molecule is BrCCCBr.N#CC1(c2ccc(F)c(F)c2)CCC1.N#CCc1ccc(F)c(F)c1.[K+].[OH-]. The molecule has 1 saturated carbocycles. The van der Waals surface area contributed by atoms with E-state index in [-0.39, 0.29) is 63.3 Å². The maximum Gasteiger partial charge on any atom is 1.00 e. The molecule has 3 nitrogen and oxygen atoms in total. The number of nitrogens with zero attached hydrogens (tertiary/aromatic N) is 2. The molecule has 0 radical (unpaired) electrons. The van der Waals surface area contributed by atoms with Gasteiger partial charge in [0.2, 0.25) is 0 Å². The van der Waals surface area contributed by atoms with Crippen LogP contribution in [-0.4, -0.2) is 16.1 Å². The number of benzene rings is 2. The average Bonchev–Trinajstić information content (AvgIpc) is 2.69. The van der Waals surface area contributed by atoms with E-state index in [0.717, 1.165) is 54.2 Å². The fourth-order valence-electron chi connectivity index (χ4n) is 2.58. The largest absolute Gasteiger partial charge is 1.00 e. The van der Waals surface area contributed by atoms with E-state index in [1.165, 1.54) is 18.6 Å². The van der Waals surface area contributed by atoms with Gasteiger partial charge in [-0.25, -0.2) is 17.6 Å². The molecular weight excluding hydrogens is 583 g/mol. The van der Waals surface area contributed by atoms with Crippen LogP contribution in [0.2, 0.25) is 0 Å². The van der Waals surface area contributed by atoms with Gasteiger partial charge in [0, 0.05) is 10.7 Å². The summed E-state index contributed by atoms with van der Waals surface area (Å²) in [5.74, 6) is -3.52. The van der Waals surface area contributed by atoms with E-state index in [0.29, 0.717) is 11.1 Å². The standard InChI is InChI=1S/C11H9F2N.C8H5F2N.C3H6Br2.K.H2O/c12-9-3-2-8(6-10(9)13)11(7-14)4-1-5-11;9-7-2-1-6(3-4-11)5-8(7)10;4-2-1-3-5;;/h2-3,6H,1,4-5H2;1-2,5H,3H2;1-3H2;;1H2/q;;;+1;/p-1. The molecule has 0 unspecified atom stereocenters. The number of hydrogen-bond acceptors (Lipinski definition) is 3. The van der Waals surface area contributed by atoms with E-state index in [1.54, 1.807) is 0 Å². The first-order valence-electron chi connectivity index (χ1n) is 9.13. The van der Waals surface area contributed by atoms with E-state index in [1.807, 2.05) is 6.07 Å². The third-order valence-corrected chi connectivity index (χ3v) is 5.55. The molecule has 0 heterocycles. The molecule has 0 amide bonds. The molecule has 3 rings (SSSR count). The molecule has 0 atom stereocenters. The van der Waals surface area contributed by atoms with Gasteiger partial charge >= 0.3 is 51.4 Å². The van der Waals surface area contributed by atoms with E-state index in [9.17, 15) is 17.6 Å². The van der Waals surface area contributed by atoms with Crippen molar-refractivity contribution in [3.05, 3.63) is 70.8 Å². The van der Waals surface area contributed by atoms with E-state index in [4.69, 9.17) is 10.5 Å². The summed E-state index contributed by atoms with van der Waals surface area (Å²) in [5, 5.41) is 19.4. The van der Waals surface area contributed by atoms with Crippen LogP contribution in [0.15, 0.2) is 36.4 Å². The Kier molecular flexibility index (Phi) is 19.1. The van der Waals surface area contributed by atoms with Gasteiger partial charge in [0.1, 0.15) is 0 Å². The van der Waals surface area contributed by atoms with Crippen LogP contribution < -0.4 is 51.4 Å². The Balaban J connectivity index is 0. The van der Waals surface area contributed by atoms with E-state index < -0.39 is 28.7 Å². The number of nitriles is 2. The van der Waals surface area contributed by atoms with Gasteiger partial charge in [-0.2, -0.15) is 10.5 Å². The molecule has 0 aromatic heterocycles. The van der Waals surface area contributed by atoms with Crippen molar-refractivity contribution in [1.82, 2.24) is 0 Å². The van der Waals surface area contributed by atoms with Gasteiger partial charge in [0.05, 0.1) is 24.0 Å². The van der Waals surface area contributed by atoms with Crippen molar-refractivity contribution in [1.29, 1.82) is 10.5 Å². The molecule has 0 bridgehead atoms. The molecular formula is C22H21Br2F4KN2O. The second-order valence-electron chi connectivity index (χ2n) is 6.49. The van der Waals surface area contributed by atoms with Crippen molar-refractivity contribution in [3.8, 4) is 12.1 Å². The van der Waals surface area contributed by atoms with Crippen molar-refractivity contribution >= 4 is 31.9 Å². The van der Waals surface area contributed by atoms with Crippen molar-refractivity contribution in [3.63, 3.8) is 0 Å². The predicted octanol–water partition coefficient (Wildman–Crippen LogP) is 3.93. The Morgan fingerprint density at radius 3 is 1.72 bits per heavy atom. The monoisotopic (exact) mass is 602 g/mol. The summed E-state index contributed by atoms with van der Waals surface area (Å²) in [6, 6.07) is 11.2. The van der Waals surface area contributed by atoms with Gasteiger partial charge in [-0.1, -0.05) is 44.0 Å². The molecule has 0 spiro atoms. The smallest absolute Gasteiger partial charge is 0.870 e. The number of alkyl halides is 2. The van der Waals surface area contributed by atoms with Gasteiger partial charge < -0.3 is 5.48 Å². The third-order valence-electron chi connectivity index (χ3n) is 4.43. The third kappa shape index (κ3) is 10.7. The van der Waals surface area contributed by atoms with Crippen molar-refractivity contribution in [2.24, 2.45) is 0 Å². The van der Waals surface area contributed by atoms with Crippen LogP contribution >= 0.6 is 31.9 Å². The minimum Gasteiger partial charge on any atom is -0.870 e. The summed E-state index contributed by atoms with van der Waals surface area (Å²) in [4.78, 5) is 0. The molecule has 168 valence electrons. The van der Waals surface area contributed by atoms with Crippen LogP contribution in [-0.2, 0) is 11.8 Å². The normalized spacial score (nSPS) is 12.5. The second-order valence-corrected chi connectivity index (χ2v) is 8.08. The Labute approximate surface area is 245 Å². The zero-order chi connectivity index (χ0) is 22.6. The fourth-order valence-corrected chi connectivity index (χ4v) is 3.89. The summed E-state index contributed by atoms with van der Waals surface area (Å²) >= 11 is 6.56. The molecule has 1 N–H and O–H groups in total. The maximum absolute atomic E-state index is 12.9. The van der Waals surface area contributed by atoms with E-state index in [2.05, 4.69) is 37.9 Å². The number of halogens is 6. The molecule has 0 saturated heterocycles. The number of rotatable bonds is 4. The summed E-state index contributed by atoms with van der Waals surface area (Å²) < 4.78 is 50.3. The van der Waals surface area contributed by atoms with Gasteiger partial charge in [-0.05, 0) is 61.1 Å². The van der Waals surface area contributed by atoms with Gasteiger partial charge in [-0.15, -0.1) is 0 Å². The van der Waals surface area contributed by atoms with Crippen molar-refractivity contribution in [2.45, 2.75) is 37.5 Å². The topological polar surface area (TPSA) is 77.6 Å². The molecule has 1 aliphatic rings. The fraction of sp³-hybridized carbons (Fsp3) is 0.364. The van der Waals surface area contributed by atoms with Crippen LogP contribution in [0.3, 0.4) is 0 Å². The van der Waals surface area contributed by atoms with Crippen LogP contribution in [0.5, 0.6) is 0 Å². The van der Waals surface area contributed by atoms with Gasteiger partial charge in [0.25, 0.3) is 0 Å². The minimum absolute atomic E-state index is 0. The zero-order valence-corrected chi connectivity index (χ0v) is 23.8. The zero-order valence-electron chi connectivity index (χ0n) is 17.5. The first kappa shape index (κ1) is 33.9. The average molecular weight is 604 g/mol. The second kappa shape index (κ2) is 18.1. The van der Waals surface area contributed by atoms with Crippen LogP contribution in [0, 0.1) is 45.9 Å². The number of hydrogen-bond donors (Lipinski definition) is 0. The Morgan fingerprint density at radius 1 is 0.844 bits per heavy atom. The van der Waals surface area contributed by atoms with Crippen LogP contribution in [0.25, 0.3) is 0 Å². The van der Waals surface area contributed by atoms with Crippen molar-refractivity contribution < 1.29 is 74.4 Å². The minimum atomic E-state index is -0.905. The molecule has 2 aromatic carbocycles. The molecule has 0 aliphatic heterocycles. The summed E-state index contributed by atoms with van der Waals surface area (Å²) in [6.07, 6.45) is 3.80. The van der Waals surface area contributed by atoms with Crippen LogP contribution in [0.4, 0.5) is 17.6 Å². The Morgan fingerprint density at radius 2 is 1.38 bits per heavy atom. The maximum atomic E-state index is 12.9. The summed E-state index contributed by atoms with van der Waals surface area (Å²) in [7, 11) is 0. The molecule has 1 fully saturated rings. The molecule has 10 heteroatoms. The first-order valence-corrected chi connectivity index (χ1v) is 11.4. The van der Waals surface area contributed by atoms with Crippen molar-refractivity contribution in [2.75, 3.05) is 10.7 Å². The Hall–Kier alpha value is -0.304. The summed E-state index contributed by atoms with van der Waals surface area (Å²) in [6.45, 7) is 0. The quantitative estimate of drug-likeness (QED) is 0.302. The van der Waals surface area contributed by atoms with Crippen LogP contribution in [0.1, 0.15) is 36.8 Å². The summed E-state index contributed by atoms with van der Waals surface area (Å²) in [5.41, 5.74) is 0.533. The van der Waals surface area contributed by atoms with E-state index >= 15 is 0 Å². The predicted molar refractivity (Wildman–Crippen MR) is 117 cm³/mol.